The van der Waals surface area contributed by atoms with Crippen molar-refractivity contribution < 1.29 is 4.39 Å². The van der Waals surface area contributed by atoms with E-state index in [1.165, 1.54) is 22.3 Å². The van der Waals surface area contributed by atoms with Crippen LogP contribution < -0.4 is 4.90 Å². The highest BCUT2D eigenvalue weighted by Gasteiger charge is 2.38. The van der Waals surface area contributed by atoms with Crippen LogP contribution in [0, 0.1) is 12.7 Å². The number of fused-ring (bicyclic) bond motifs is 3. The number of aryl methyl sites for hydroxylation is 1. The second-order valence-electron chi connectivity index (χ2n) is 10.9. The van der Waals surface area contributed by atoms with E-state index in [4.69, 9.17) is 0 Å². The molecule has 0 fully saturated rings. The third-order valence-corrected chi connectivity index (χ3v) is 7.11. The summed E-state index contributed by atoms with van der Waals surface area (Å²) in [5, 5.41) is 0. The molecule has 0 N–H and O–H groups in total. The summed E-state index contributed by atoms with van der Waals surface area (Å²) in [7, 11) is 0. The molecule has 5 rings (SSSR count). The number of hydrogen-bond donors (Lipinski definition) is 0. The molecule has 2 heteroatoms. The molecule has 0 bridgehead atoms. The molecule has 0 aromatic heterocycles. The van der Waals surface area contributed by atoms with Gasteiger partial charge in [-0.25, -0.2) is 4.39 Å². The highest BCUT2D eigenvalue weighted by atomic mass is 19.1. The number of halogens is 1. The standard InChI is InChI=1S/C32H32FN/c1-21-18-23(22-12-8-7-9-13-22)16-17-29(21)34(31(2,3)4)30-20-27-25(19-28(30)33)24-14-10-11-15-26(24)32(27,5)6/h7-20H,1-6H3. The number of nitrogens with zero attached hydrogens (tertiary/aromatic N) is 1. The van der Waals surface area contributed by atoms with Gasteiger partial charge in [-0.1, -0.05) is 74.5 Å². The predicted octanol–water partition coefficient (Wildman–Crippen LogP) is 9.04. The number of rotatable bonds is 3. The fraction of sp³-hybridized carbons (Fsp3) is 0.250. The topological polar surface area (TPSA) is 3.24 Å². The first-order valence-corrected chi connectivity index (χ1v) is 12.0. The van der Waals surface area contributed by atoms with Crippen molar-refractivity contribution in [1.29, 1.82) is 0 Å². The summed E-state index contributed by atoms with van der Waals surface area (Å²) in [6.07, 6.45) is 0. The van der Waals surface area contributed by atoms with Crippen molar-refractivity contribution in [2.45, 2.75) is 52.5 Å². The van der Waals surface area contributed by atoms with Crippen molar-refractivity contribution >= 4 is 11.4 Å². The van der Waals surface area contributed by atoms with Crippen LogP contribution in [0.5, 0.6) is 0 Å². The summed E-state index contributed by atoms with van der Waals surface area (Å²) >= 11 is 0. The van der Waals surface area contributed by atoms with Crippen LogP contribution in [0.4, 0.5) is 15.8 Å². The molecule has 0 aliphatic heterocycles. The van der Waals surface area contributed by atoms with Crippen LogP contribution in [0.2, 0.25) is 0 Å². The lowest BCUT2D eigenvalue weighted by Gasteiger charge is -2.39. The highest BCUT2D eigenvalue weighted by Crippen LogP contribution is 2.51. The van der Waals surface area contributed by atoms with E-state index >= 15 is 4.39 Å². The minimum Gasteiger partial charge on any atom is -0.333 e. The van der Waals surface area contributed by atoms with Gasteiger partial charge in [-0.15, -0.1) is 0 Å². The highest BCUT2D eigenvalue weighted by molar-refractivity contribution is 5.84. The second kappa shape index (κ2) is 7.84. The van der Waals surface area contributed by atoms with Crippen LogP contribution in [0.1, 0.15) is 51.3 Å². The third kappa shape index (κ3) is 3.53. The summed E-state index contributed by atoms with van der Waals surface area (Å²) in [6, 6.07) is 29.1. The fourth-order valence-corrected chi connectivity index (χ4v) is 5.45. The summed E-state index contributed by atoms with van der Waals surface area (Å²) in [5.41, 5.74) is 9.22. The van der Waals surface area contributed by atoms with E-state index in [-0.39, 0.29) is 16.8 Å². The normalized spacial score (nSPS) is 14.0. The predicted molar refractivity (Wildman–Crippen MR) is 142 cm³/mol. The van der Waals surface area contributed by atoms with Crippen molar-refractivity contribution in [3.63, 3.8) is 0 Å². The minimum absolute atomic E-state index is 0.176. The van der Waals surface area contributed by atoms with Gasteiger partial charge in [0.25, 0.3) is 0 Å². The van der Waals surface area contributed by atoms with E-state index in [1.54, 1.807) is 6.07 Å². The van der Waals surface area contributed by atoms with E-state index < -0.39 is 0 Å². The minimum atomic E-state index is -0.316. The van der Waals surface area contributed by atoms with E-state index in [2.05, 4.69) is 113 Å². The van der Waals surface area contributed by atoms with Gasteiger partial charge in [0.05, 0.1) is 5.69 Å². The molecule has 4 aromatic rings. The van der Waals surface area contributed by atoms with E-state index in [0.717, 1.165) is 22.4 Å². The Hall–Kier alpha value is -3.39. The summed E-state index contributed by atoms with van der Waals surface area (Å²) < 4.78 is 15.9. The van der Waals surface area contributed by atoms with Crippen molar-refractivity contribution in [3.8, 4) is 22.3 Å². The zero-order valence-electron chi connectivity index (χ0n) is 20.9. The van der Waals surface area contributed by atoms with E-state index in [1.807, 2.05) is 12.1 Å². The Kier molecular flexibility index (Phi) is 5.16. The van der Waals surface area contributed by atoms with Crippen LogP contribution in [-0.2, 0) is 5.41 Å². The van der Waals surface area contributed by atoms with Crippen molar-refractivity contribution in [3.05, 3.63) is 107 Å². The van der Waals surface area contributed by atoms with Crippen molar-refractivity contribution in [2.75, 3.05) is 4.90 Å². The lowest BCUT2D eigenvalue weighted by atomic mass is 9.82. The van der Waals surface area contributed by atoms with Gasteiger partial charge in [0.15, 0.2) is 0 Å². The van der Waals surface area contributed by atoms with Gasteiger partial charge in [0.2, 0.25) is 0 Å². The second-order valence-corrected chi connectivity index (χ2v) is 10.9. The first-order chi connectivity index (χ1) is 16.1. The van der Waals surface area contributed by atoms with Crippen LogP contribution in [0.15, 0.2) is 84.9 Å². The number of benzene rings is 4. The first-order valence-electron chi connectivity index (χ1n) is 12.0. The van der Waals surface area contributed by atoms with Gasteiger partial charge in [-0.2, -0.15) is 0 Å². The summed E-state index contributed by atoms with van der Waals surface area (Å²) in [5.74, 6) is -0.187. The molecule has 34 heavy (non-hydrogen) atoms. The maximum absolute atomic E-state index is 15.9. The van der Waals surface area contributed by atoms with Crippen LogP contribution in [0.25, 0.3) is 22.3 Å². The van der Waals surface area contributed by atoms with E-state index in [0.29, 0.717) is 5.69 Å². The van der Waals surface area contributed by atoms with Crippen LogP contribution >= 0.6 is 0 Å². The lowest BCUT2D eigenvalue weighted by Crippen LogP contribution is -2.38. The molecule has 0 heterocycles. The maximum Gasteiger partial charge on any atom is 0.147 e. The van der Waals surface area contributed by atoms with Crippen molar-refractivity contribution in [2.24, 2.45) is 0 Å². The Balaban J connectivity index is 1.67. The zero-order chi connectivity index (χ0) is 24.3. The molecule has 0 amide bonds. The van der Waals surface area contributed by atoms with Gasteiger partial charge in [-0.05, 0) is 90.9 Å². The average Bonchev–Trinajstić information content (AvgIpc) is 3.01. The maximum atomic E-state index is 15.9. The molecule has 1 nitrogen and oxygen atoms in total. The largest absolute Gasteiger partial charge is 0.333 e. The Bertz CT molecular complexity index is 1380. The molecule has 0 saturated heterocycles. The Labute approximate surface area is 202 Å². The molecule has 0 atom stereocenters. The van der Waals surface area contributed by atoms with Gasteiger partial charge in [-0.3, -0.25) is 0 Å². The molecule has 1 aliphatic carbocycles. The SMILES string of the molecule is Cc1cc(-c2ccccc2)ccc1N(c1cc2c(cc1F)-c1ccccc1C2(C)C)C(C)(C)C. The molecule has 4 aromatic carbocycles. The molecular weight excluding hydrogens is 417 g/mol. The monoisotopic (exact) mass is 449 g/mol. The quantitative estimate of drug-likeness (QED) is 0.301. The first kappa shape index (κ1) is 22.4. The third-order valence-electron chi connectivity index (χ3n) is 7.11. The Morgan fingerprint density at radius 1 is 0.676 bits per heavy atom. The Morgan fingerprint density at radius 2 is 1.35 bits per heavy atom. The molecule has 0 spiro atoms. The molecule has 0 radical (unpaired) electrons. The van der Waals surface area contributed by atoms with Crippen LogP contribution in [-0.4, -0.2) is 5.54 Å². The zero-order valence-corrected chi connectivity index (χ0v) is 20.9. The van der Waals surface area contributed by atoms with Gasteiger partial charge >= 0.3 is 0 Å². The Morgan fingerprint density at radius 3 is 2.03 bits per heavy atom. The fourth-order valence-electron chi connectivity index (χ4n) is 5.45. The molecule has 0 saturated carbocycles. The van der Waals surface area contributed by atoms with Gasteiger partial charge < -0.3 is 4.90 Å². The molecule has 0 unspecified atom stereocenters. The lowest BCUT2D eigenvalue weighted by molar-refractivity contribution is 0.539. The van der Waals surface area contributed by atoms with Crippen LogP contribution in [0.3, 0.4) is 0 Å². The molecular formula is C32H32FN. The summed E-state index contributed by atoms with van der Waals surface area (Å²) in [4.78, 5) is 2.16. The number of anilines is 2. The summed E-state index contributed by atoms with van der Waals surface area (Å²) in [6.45, 7) is 13.0. The van der Waals surface area contributed by atoms with Crippen molar-refractivity contribution in [1.82, 2.24) is 0 Å². The average molecular weight is 450 g/mol. The molecule has 172 valence electrons. The van der Waals surface area contributed by atoms with E-state index in [9.17, 15) is 0 Å². The van der Waals surface area contributed by atoms with Gasteiger partial charge in [0.1, 0.15) is 5.82 Å². The molecule has 1 aliphatic rings. The number of hydrogen-bond acceptors (Lipinski definition) is 1. The van der Waals surface area contributed by atoms with Gasteiger partial charge in [0, 0.05) is 16.6 Å². The smallest absolute Gasteiger partial charge is 0.147 e.